The molecule has 1 aliphatic rings. The zero-order chi connectivity index (χ0) is 25.5. The van der Waals surface area contributed by atoms with Crippen LogP contribution in [-0.4, -0.2) is 41.5 Å². The van der Waals surface area contributed by atoms with E-state index < -0.39 is 0 Å². The fourth-order valence-electron chi connectivity index (χ4n) is 5.00. The van der Waals surface area contributed by atoms with Crippen molar-refractivity contribution in [3.63, 3.8) is 0 Å². The van der Waals surface area contributed by atoms with Crippen LogP contribution in [0.25, 0.3) is 22.0 Å². The number of nitrogens with one attached hydrogen (secondary N) is 1. The number of fused-ring (bicyclic) bond motifs is 3. The van der Waals surface area contributed by atoms with Crippen molar-refractivity contribution in [2.24, 2.45) is 0 Å². The lowest BCUT2D eigenvalue weighted by Gasteiger charge is -2.34. The minimum Gasteiger partial charge on any atom is -0.493 e. The van der Waals surface area contributed by atoms with Gasteiger partial charge in [0.05, 0.1) is 32.0 Å². The van der Waals surface area contributed by atoms with Gasteiger partial charge < -0.3 is 19.4 Å². The number of aryl methyl sites for hydroxylation is 1. The lowest BCUT2D eigenvalue weighted by atomic mass is 9.95. The number of ether oxygens (including phenoxy) is 2. The molecule has 0 fully saturated rings. The maximum Gasteiger partial charge on any atom is 0.226 e. The van der Waals surface area contributed by atoms with E-state index in [9.17, 15) is 4.79 Å². The van der Waals surface area contributed by atoms with E-state index in [4.69, 9.17) is 19.4 Å². The normalized spacial score (nSPS) is 15.2. The summed E-state index contributed by atoms with van der Waals surface area (Å²) in [5.41, 5.74) is 4.39. The molecule has 1 unspecified atom stereocenters. The zero-order valence-electron chi connectivity index (χ0n) is 20.8. The lowest BCUT2D eigenvalue weighted by Crippen LogP contribution is -2.40. The van der Waals surface area contributed by atoms with Crippen LogP contribution in [0.2, 0.25) is 0 Å². The Hall–Kier alpha value is -4.17. The summed E-state index contributed by atoms with van der Waals surface area (Å²) < 4.78 is 10.8. The van der Waals surface area contributed by atoms with Crippen LogP contribution in [0.5, 0.6) is 11.5 Å². The van der Waals surface area contributed by atoms with Crippen molar-refractivity contribution in [3.05, 3.63) is 88.0 Å². The summed E-state index contributed by atoms with van der Waals surface area (Å²) in [6, 6.07) is 17.8. The Balaban J connectivity index is 1.43. The molecule has 7 nitrogen and oxygen atoms in total. The number of carbonyl (C=O) groups excluding carboxylic acids is 1. The van der Waals surface area contributed by atoms with Gasteiger partial charge in [-0.05, 0) is 42.3 Å². The highest BCUT2D eigenvalue weighted by Gasteiger charge is 2.38. The van der Waals surface area contributed by atoms with E-state index >= 15 is 0 Å². The predicted molar refractivity (Wildman–Crippen MR) is 146 cm³/mol. The van der Waals surface area contributed by atoms with E-state index in [1.807, 2.05) is 47.4 Å². The number of ketones is 1. The number of aromatic amines is 1. The summed E-state index contributed by atoms with van der Waals surface area (Å²) in [5, 5.41) is 0.962. The number of benzene rings is 2. The number of methoxy groups -OCH3 is 2. The number of H-pyrrole nitrogens is 1. The number of Topliss-reactive ketones (excluding diaryl/α,β-unsaturated/α-hetero) is 1. The van der Waals surface area contributed by atoms with E-state index in [2.05, 4.69) is 24.0 Å². The molecular weight excluding hydrogens is 484 g/mol. The van der Waals surface area contributed by atoms with Gasteiger partial charge in [-0.15, -0.1) is 11.3 Å². The third kappa shape index (κ3) is 3.94. The van der Waals surface area contributed by atoms with E-state index in [1.165, 1.54) is 4.88 Å². The van der Waals surface area contributed by atoms with Crippen LogP contribution in [-0.2, 0) is 6.42 Å². The van der Waals surface area contributed by atoms with E-state index in [0.717, 1.165) is 44.6 Å². The predicted octanol–water partition coefficient (Wildman–Crippen LogP) is 6.06. The van der Waals surface area contributed by atoms with Crippen molar-refractivity contribution in [2.75, 3.05) is 25.7 Å². The van der Waals surface area contributed by atoms with Gasteiger partial charge in [0, 0.05) is 38.6 Å². The van der Waals surface area contributed by atoms with Crippen LogP contribution in [0.4, 0.5) is 5.95 Å². The van der Waals surface area contributed by atoms with Crippen molar-refractivity contribution in [2.45, 2.75) is 19.4 Å². The molecule has 37 heavy (non-hydrogen) atoms. The summed E-state index contributed by atoms with van der Waals surface area (Å²) in [7, 11) is 3.23. The number of rotatable bonds is 6. The first kappa shape index (κ1) is 23.2. The Labute approximate surface area is 218 Å². The standard InChI is InChI=1S/C29H26N4O3S/c1-4-19-10-12-25(37-19)28-27-26(20-7-5-6-8-21(20)32-27)22(34)16-33(28)29-30-14-18(15-31-29)17-9-11-23(35-2)24(13-17)36-3/h5-15,28,32H,4,16H2,1-3H3. The van der Waals surface area contributed by atoms with Gasteiger partial charge in [-0.3, -0.25) is 4.79 Å². The molecule has 1 N–H and O–H groups in total. The average Bonchev–Trinajstić information content (AvgIpc) is 3.58. The molecule has 8 heteroatoms. The second kappa shape index (κ2) is 9.37. The first-order valence-corrected chi connectivity index (χ1v) is 13.0. The molecule has 0 spiro atoms. The maximum atomic E-state index is 13.5. The summed E-state index contributed by atoms with van der Waals surface area (Å²) >= 11 is 1.77. The number of aromatic nitrogens is 3. The Morgan fingerprint density at radius 1 is 1.00 bits per heavy atom. The van der Waals surface area contributed by atoms with E-state index in [1.54, 1.807) is 38.0 Å². The highest BCUT2D eigenvalue weighted by atomic mass is 32.1. The number of hydrogen-bond acceptors (Lipinski definition) is 7. The van der Waals surface area contributed by atoms with Gasteiger partial charge in [-0.25, -0.2) is 9.97 Å². The molecule has 0 saturated heterocycles. The first-order valence-electron chi connectivity index (χ1n) is 12.1. The SMILES string of the molecule is CCc1ccc(C2c3[nH]c4ccccc4c3C(=O)CN2c2ncc(-c3ccc(OC)c(OC)c3)cn2)s1. The van der Waals surface area contributed by atoms with Crippen molar-refractivity contribution < 1.29 is 14.3 Å². The van der Waals surface area contributed by atoms with Crippen LogP contribution >= 0.6 is 11.3 Å². The van der Waals surface area contributed by atoms with Gasteiger partial charge in [0.2, 0.25) is 5.95 Å². The number of anilines is 1. The second-order valence-corrected chi connectivity index (χ2v) is 10.1. The largest absolute Gasteiger partial charge is 0.493 e. The van der Waals surface area contributed by atoms with Crippen LogP contribution in [0.15, 0.2) is 67.0 Å². The molecule has 4 heterocycles. The summed E-state index contributed by atoms with van der Waals surface area (Å²) in [6.07, 6.45) is 4.54. The molecule has 0 saturated carbocycles. The van der Waals surface area contributed by atoms with Gasteiger partial charge >= 0.3 is 0 Å². The molecule has 1 aliphatic heterocycles. The van der Waals surface area contributed by atoms with Crippen molar-refractivity contribution in [3.8, 4) is 22.6 Å². The Bertz CT molecular complexity index is 1610. The molecule has 3 aromatic heterocycles. The third-order valence-corrected chi connectivity index (χ3v) is 8.11. The van der Waals surface area contributed by atoms with Crippen LogP contribution in [0.1, 0.15) is 38.8 Å². The number of thiophene rings is 1. The summed E-state index contributed by atoms with van der Waals surface area (Å²) in [4.78, 5) is 30.9. The second-order valence-electron chi connectivity index (χ2n) is 8.91. The number of nitrogens with zero attached hydrogens (tertiary/aromatic N) is 3. The fraction of sp³-hybridized carbons (Fsp3) is 0.207. The summed E-state index contributed by atoms with van der Waals surface area (Å²) in [6.45, 7) is 2.36. The van der Waals surface area contributed by atoms with Crippen molar-refractivity contribution in [1.82, 2.24) is 15.0 Å². The zero-order valence-corrected chi connectivity index (χ0v) is 21.6. The Morgan fingerprint density at radius 3 is 2.51 bits per heavy atom. The minimum absolute atomic E-state index is 0.0588. The van der Waals surface area contributed by atoms with E-state index in [0.29, 0.717) is 17.4 Å². The molecule has 5 aromatic rings. The number of carbonyl (C=O) groups is 1. The molecule has 2 aromatic carbocycles. The average molecular weight is 511 g/mol. The monoisotopic (exact) mass is 510 g/mol. The minimum atomic E-state index is -0.183. The van der Waals surface area contributed by atoms with Gasteiger partial charge in [0.25, 0.3) is 0 Å². The molecular formula is C29H26N4O3S. The molecule has 0 amide bonds. The van der Waals surface area contributed by atoms with Gasteiger partial charge in [-0.2, -0.15) is 0 Å². The highest BCUT2D eigenvalue weighted by molar-refractivity contribution is 7.12. The first-order chi connectivity index (χ1) is 18.1. The number of hydrogen-bond donors (Lipinski definition) is 1. The number of para-hydroxylation sites is 1. The molecule has 0 radical (unpaired) electrons. The summed E-state index contributed by atoms with van der Waals surface area (Å²) in [5.74, 6) is 1.87. The molecule has 6 rings (SSSR count). The molecule has 0 bridgehead atoms. The van der Waals surface area contributed by atoms with Crippen molar-refractivity contribution >= 4 is 34.0 Å². The van der Waals surface area contributed by atoms with Crippen LogP contribution in [0, 0.1) is 0 Å². The van der Waals surface area contributed by atoms with Gasteiger partial charge in [-0.1, -0.05) is 31.2 Å². The molecule has 0 aliphatic carbocycles. The van der Waals surface area contributed by atoms with E-state index in [-0.39, 0.29) is 18.4 Å². The van der Waals surface area contributed by atoms with Crippen LogP contribution in [0.3, 0.4) is 0 Å². The van der Waals surface area contributed by atoms with Crippen molar-refractivity contribution in [1.29, 1.82) is 0 Å². The Morgan fingerprint density at radius 2 is 1.78 bits per heavy atom. The smallest absolute Gasteiger partial charge is 0.226 e. The quantitative estimate of drug-likeness (QED) is 0.299. The van der Waals surface area contributed by atoms with Gasteiger partial charge in [0.1, 0.15) is 6.04 Å². The highest BCUT2D eigenvalue weighted by Crippen LogP contribution is 2.42. The third-order valence-electron chi connectivity index (χ3n) is 6.83. The topological polar surface area (TPSA) is 80.3 Å². The molecule has 1 atom stereocenters. The molecule has 186 valence electrons. The van der Waals surface area contributed by atoms with Crippen LogP contribution < -0.4 is 14.4 Å². The maximum absolute atomic E-state index is 13.5. The van der Waals surface area contributed by atoms with Gasteiger partial charge in [0.15, 0.2) is 17.3 Å². The fourth-order valence-corrected chi connectivity index (χ4v) is 6.07. The lowest BCUT2D eigenvalue weighted by molar-refractivity contribution is 0.0990. The Kier molecular flexibility index (Phi) is 5.88.